The molecule has 1 unspecified atom stereocenters. The zero-order valence-corrected chi connectivity index (χ0v) is 14.6. The lowest BCUT2D eigenvalue weighted by Gasteiger charge is -2.28. The molecule has 1 atom stereocenters. The number of rotatable bonds is 4. The first-order valence-electron chi connectivity index (χ1n) is 6.31. The first-order valence-corrected chi connectivity index (χ1v) is 8.92. The topological polar surface area (TPSA) is 140 Å². The van der Waals surface area contributed by atoms with Crippen molar-refractivity contribution in [3.8, 4) is 0 Å². The van der Waals surface area contributed by atoms with Crippen molar-refractivity contribution >= 4 is 55.9 Å². The van der Waals surface area contributed by atoms with E-state index in [1.165, 1.54) is 6.07 Å². The lowest BCUT2D eigenvalue weighted by atomic mass is 10.2. The molecule has 0 amide bonds. The summed E-state index contributed by atoms with van der Waals surface area (Å²) >= 11 is 12.0. The Balaban J connectivity index is 3.04. The van der Waals surface area contributed by atoms with Gasteiger partial charge in [-0.25, -0.2) is 13.2 Å². The number of nitrogens with zero attached hydrogens (tertiary/aromatic N) is 1. The molecule has 24 heavy (non-hydrogen) atoms. The van der Waals surface area contributed by atoms with E-state index in [0.29, 0.717) is 4.31 Å². The van der Waals surface area contributed by atoms with Crippen LogP contribution in [0, 0.1) is 0 Å². The van der Waals surface area contributed by atoms with Crippen molar-refractivity contribution in [2.75, 3.05) is 10.6 Å². The number of carboxylic acids is 1. The molecule has 0 fully saturated rings. The van der Waals surface area contributed by atoms with E-state index in [1.54, 1.807) is 0 Å². The third-order valence-corrected chi connectivity index (χ3v) is 5.17. The second-order valence-electron chi connectivity index (χ2n) is 4.92. The van der Waals surface area contributed by atoms with Crippen LogP contribution in [0.2, 0.25) is 10.0 Å². The average molecular weight is 396 g/mol. The van der Waals surface area contributed by atoms with Crippen LogP contribution in [0.4, 0.5) is 5.69 Å². The van der Waals surface area contributed by atoms with Crippen molar-refractivity contribution < 1.29 is 18.3 Å². The van der Waals surface area contributed by atoms with E-state index in [9.17, 15) is 27.9 Å². The number of carbonyl (C=O) groups is 1. The van der Waals surface area contributed by atoms with Gasteiger partial charge in [0, 0.05) is 0 Å². The summed E-state index contributed by atoms with van der Waals surface area (Å²) < 4.78 is 24.8. The van der Waals surface area contributed by atoms with Crippen LogP contribution in [0.3, 0.4) is 0 Å². The molecule has 130 valence electrons. The number of anilines is 1. The number of halogens is 2. The van der Waals surface area contributed by atoms with Crippen molar-refractivity contribution in [2.24, 2.45) is 0 Å². The van der Waals surface area contributed by atoms with Crippen LogP contribution >= 0.6 is 23.2 Å². The highest BCUT2D eigenvalue weighted by molar-refractivity contribution is 7.92. The highest BCUT2D eigenvalue weighted by atomic mass is 35.5. The number of nitrogens with one attached hydrogen (secondary N) is 2. The van der Waals surface area contributed by atoms with E-state index < -0.39 is 33.2 Å². The standard InChI is InChI=1S/C12H11Cl2N3O6S/c1-4(12(20)21)17(24(2,22)23)9-7(14)5(13)3-6-8(9)16-11(19)10(18)15-6/h3-4H,1-2H3,(H,15,18)(H,16,19)(H,20,21). The molecule has 1 heterocycles. The van der Waals surface area contributed by atoms with Gasteiger partial charge in [0.25, 0.3) is 0 Å². The number of benzene rings is 1. The summed E-state index contributed by atoms with van der Waals surface area (Å²) in [5.74, 6) is -1.45. The molecule has 2 aromatic rings. The van der Waals surface area contributed by atoms with Gasteiger partial charge in [-0.3, -0.25) is 13.9 Å². The fourth-order valence-corrected chi connectivity index (χ4v) is 3.81. The number of hydrogen-bond donors (Lipinski definition) is 3. The molecule has 12 heteroatoms. The third kappa shape index (κ3) is 3.12. The van der Waals surface area contributed by atoms with E-state index >= 15 is 0 Å². The van der Waals surface area contributed by atoms with E-state index in [1.807, 2.05) is 0 Å². The van der Waals surface area contributed by atoms with E-state index in [2.05, 4.69) is 9.97 Å². The number of hydrogen-bond acceptors (Lipinski definition) is 5. The van der Waals surface area contributed by atoms with Gasteiger partial charge in [0.1, 0.15) is 6.04 Å². The normalized spacial score (nSPS) is 13.0. The van der Waals surface area contributed by atoms with Crippen LogP contribution in [-0.2, 0) is 14.8 Å². The van der Waals surface area contributed by atoms with Crippen molar-refractivity contribution in [1.82, 2.24) is 9.97 Å². The van der Waals surface area contributed by atoms with Gasteiger partial charge in [0.05, 0.1) is 33.0 Å². The summed E-state index contributed by atoms with van der Waals surface area (Å²) in [7, 11) is -4.12. The van der Waals surface area contributed by atoms with Gasteiger partial charge in [-0.15, -0.1) is 0 Å². The maximum absolute atomic E-state index is 12.1. The molecule has 0 aliphatic heterocycles. The summed E-state index contributed by atoms with van der Waals surface area (Å²) in [6.45, 7) is 1.12. The predicted octanol–water partition coefficient (Wildman–Crippen LogP) is 0.762. The minimum Gasteiger partial charge on any atom is -0.480 e. The van der Waals surface area contributed by atoms with Crippen LogP contribution < -0.4 is 15.4 Å². The van der Waals surface area contributed by atoms with Gasteiger partial charge in [0.2, 0.25) is 10.0 Å². The zero-order chi connectivity index (χ0) is 18.4. The number of carboxylic acid groups (broad SMARTS) is 1. The molecule has 0 aliphatic rings. The summed E-state index contributed by atoms with van der Waals surface area (Å²) in [5, 5.41) is 8.78. The molecular formula is C12H11Cl2N3O6S. The Morgan fingerprint density at radius 2 is 1.79 bits per heavy atom. The molecule has 1 aromatic carbocycles. The maximum Gasteiger partial charge on any atom is 0.327 e. The molecular weight excluding hydrogens is 385 g/mol. The van der Waals surface area contributed by atoms with Gasteiger partial charge in [-0.2, -0.15) is 0 Å². The lowest BCUT2D eigenvalue weighted by molar-refractivity contribution is -0.137. The van der Waals surface area contributed by atoms with Crippen LogP contribution in [0.5, 0.6) is 0 Å². The molecule has 1 aromatic heterocycles. The monoisotopic (exact) mass is 395 g/mol. The second kappa shape index (κ2) is 6.11. The first-order chi connectivity index (χ1) is 10.9. The molecule has 3 N–H and O–H groups in total. The Morgan fingerprint density at radius 1 is 1.25 bits per heavy atom. The third-order valence-electron chi connectivity index (χ3n) is 3.17. The summed E-state index contributed by atoms with van der Waals surface area (Å²) in [5.41, 5.74) is -2.55. The maximum atomic E-state index is 12.1. The SMILES string of the molecule is CC(C(=O)O)N(c1c(Cl)c(Cl)cc2[nH]c(=O)c(=O)[nH]c12)S(C)(=O)=O. The first kappa shape index (κ1) is 18.3. The number of aromatic nitrogens is 2. The number of H-pyrrole nitrogens is 2. The van der Waals surface area contributed by atoms with E-state index in [0.717, 1.165) is 13.2 Å². The highest BCUT2D eigenvalue weighted by Crippen LogP contribution is 2.39. The number of sulfonamides is 1. The second-order valence-corrected chi connectivity index (χ2v) is 7.57. The van der Waals surface area contributed by atoms with Crippen LogP contribution in [0.25, 0.3) is 11.0 Å². The Morgan fingerprint density at radius 3 is 2.29 bits per heavy atom. The van der Waals surface area contributed by atoms with Gasteiger partial charge in [-0.1, -0.05) is 23.2 Å². The van der Waals surface area contributed by atoms with Gasteiger partial charge in [0.15, 0.2) is 0 Å². The minimum absolute atomic E-state index is 0.00441. The molecule has 0 radical (unpaired) electrons. The summed E-state index contributed by atoms with van der Waals surface area (Å²) in [6.07, 6.45) is 0.777. The number of fused-ring (bicyclic) bond motifs is 1. The number of aromatic amines is 2. The van der Waals surface area contributed by atoms with Crippen molar-refractivity contribution in [3.05, 3.63) is 36.8 Å². The van der Waals surface area contributed by atoms with Crippen molar-refractivity contribution in [3.63, 3.8) is 0 Å². The van der Waals surface area contributed by atoms with Gasteiger partial charge in [-0.05, 0) is 13.0 Å². The fraction of sp³-hybridized carbons (Fsp3) is 0.250. The van der Waals surface area contributed by atoms with Crippen LogP contribution in [-0.4, -0.2) is 41.8 Å². The zero-order valence-electron chi connectivity index (χ0n) is 12.3. The predicted molar refractivity (Wildman–Crippen MR) is 89.6 cm³/mol. The molecule has 0 saturated heterocycles. The Labute approximate surface area is 144 Å². The van der Waals surface area contributed by atoms with Gasteiger partial charge >= 0.3 is 17.1 Å². The molecule has 0 aliphatic carbocycles. The van der Waals surface area contributed by atoms with Crippen molar-refractivity contribution in [2.45, 2.75) is 13.0 Å². The Kier molecular flexibility index (Phi) is 4.66. The lowest BCUT2D eigenvalue weighted by Crippen LogP contribution is -2.43. The van der Waals surface area contributed by atoms with E-state index in [-0.39, 0.29) is 26.8 Å². The molecule has 0 bridgehead atoms. The summed E-state index contributed by atoms with van der Waals surface area (Å²) in [6, 6.07) is -0.332. The average Bonchev–Trinajstić information content (AvgIpc) is 2.44. The van der Waals surface area contributed by atoms with Crippen LogP contribution in [0.1, 0.15) is 6.92 Å². The largest absolute Gasteiger partial charge is 0.480 e. The van der Waals surface area contributed by atoms with Crippen LogP contribution in [0.15, 0.2) is 15.7 Å². The quantitative estimate of drug-likeness (QED) is 0.652. The summed E-state index contributed by atoms with van der Waals surface area (Å²) in [4.78, 5) is 38.8. The minimum atomic E-state index is -4.12. The van der Waals surface area contributed by atoms with Gasteiger partial charge < -0.3 is 15.1 Å². The molecule has 0 saturated carbocycles. The number of aliphatic carboxylic acids is 1. The fourth-order valence-electron chi connectivity index (χ4n) is 2.14. The molecule has 9 nitrogen and oxygen atoms in total. The van der Waals surface area contributed by atoms with Crippen molar-refractivity contribution in [1.29, 1.82) is 0 Å². The smallest absolute Gasteiger partial charge is 0.327 e. The molecule has 0 spiro atoms. The highest BCUT2D eigenvalue weighted by Gasteiger charge is 2.33. The Hall–Kier alpha value is -2.04. The molecule has 2 rings (SSSR count). The van der Waals surface area contributed by atoms with E-state index in [4.69, 9.17) is 23.2 Å². The Bertz CT molecular complexity index is 1060.